The minimum absolute atomic E-state index is 0.735. The molecule has 2 nitrogen and oxygen atoms in total. The van der Waals surface area contributed by atoms with Gasteiger partial charge in [0.05, 0.1) is 0 Å². The SMILES string of the molecule is O=CC=CCCCCCCCCCCCCC=O. The van der Waals surface area contributed by atoms with E-state index in [-0.39, 0.29) is 0 Å². The Kier molecular flexibility index (Phi) is 15.3. The summed E-state index contributed by atoms with van der Waals surface area (Å²) in [7, 11) is 0. The average molecular weight is 252 g/mol. The molecular formula is C16H28O2. The van der Waals surface area contributed by atoms with Gasteiger partial charge < -0.3 is 4.79 Å². The highest BCUT2D eigenvalue weighted by molar-refractivity contribution is 5.64. The molecule has 0 N–H and O–H groups in total. The van der Waals surface area contributed by atoms with E-state index < -0.39 is 0 Å². The minimum atomic E-state index is 0.735. The molecule has 0 radical (unpaired) electrons. The van der Waals surface area contributed by atoms with E-state index in [1.54, 1.807) is 6.08 Å². The topological polar surface area (TPSA) is 34.1 Å². The van der Waals surface area contributed by atoms with E-state index in [1.807, 2.05) is 6.08 Å². The van der Waals surface area contributed by atoms with E-state index in [0.717, 1.165) is 31.8 Å². The first-order valence-electron chi connectivity index (χ1n) is 7.45. The Bertz CT molecular complexity index is 209. The van der Waals surface area contributed by atoms with Crippen LogP contribution in [0.15, 0.2) is 12.2 Å². The van der Waals surface area contributed by atoms with Crippen LogP contribution >= 0.6 is 0 Å². The molecule has 104 valence electrons. The lowest BCUT2D eigenvalue weighted by Crippen LogP contribution is -1.82. The van der Waals surface area contributed by atoms with Crippen molar-refractivity contribution in [3.63, 3.8) is 0 Å². The lowest BCUT2D eigenvalue weighted by Gasteiger charge is -2.01. The van der Waals surface area contributed by atoms with Crippen LogP contribution in [-0.2, 0) is 9.59 Å². The molecule has 0 atom stereocenters. The Labute approximate surface area is 112 Å². The third-order valence-corrected chi connectivity index (χ3v) is 3.16. The third-order valence-electron chi connectivity index (χ3n) is 3.16. The standard InChI is InChI=1S/C16H28O2/c17-15-13-11-9-7-5-3-1-2-4-6-8-10-12-14-16-18/h11,13,15-16H,1-10,12,14H2. The molecule has 0 rings (SSSR count). The van der Waals surface area contributed by atoms with Crippen molar-refractivity contribution in [1.82, 2.24) is 0 Å². The fourth-order valence-electron chi connectivity index (χ4n) is 2.06. The van der Waals surface area contributed by atoms with Crippen molar-refractivity contribution >= 4 is 12.6 Å². The van der Waals surface area contributed by atoms with Crippen LogP contribution < -0.4 is 0 Å². The van der Waals surface area contributed by atoms with Crippen molar-refractivity contribution < 1.29 is 9.59 Å². The highest BCUT2D eigenvalue weighted by Crippen LogP contribution is 2.11. The summed E-state index contributed by atoms with van der Waals surface area (Å²) in [5.74, 6) is 0. The molecular weight excluding hydrogens is 224 g/mol. The zero-order chi connectivity index (χ0) is 13.3. The van der Waals surface area contributed by atoms with Gasteiger partial charge in [0.1, 0.15) is 12.6 Å². The highest BCUT2D eigenvalue weighted by Gasteiger charge is 1.92. The first-order valence-corrected chi connectivity index (χ1v) is 7.45. The van der Waals surface area contributed by atoms with Gasteiger partial charge in [0.15, 0.2) is 0 Å². The number of carbonyl (C=O) groups is 2. The molecule has 0 aromatic heterocycles. The normalized spacial score (nSPS) is 10.9. The number of rotatable bonds is 14. The predicted octanol–water partition coefficient (Wildman–Crippen LogP) is 4.62. The minimum Gasteiger partial charge on any atom is -0.303 e. The van der Waals surface area contributed by atoms with Gasteiger partial charge in [-0.25, -0.2) is 0 Å². The Morgan fingerprint density at radius 1 is 0.556 bits per heavy atom. The van der Waals surface area contributed by atoms with Gasteiger partial charge in [-0.15, -0.1) is 0 Å². The molecule has 0 heterocycles. The van der Waals surface area contributed by atoms with Gasteiger partial charge in [0.25, 0.3) is 0 Å². The van der Waals surface area contributed by atoms with Gasteiger partial charge in [-0.3, -0.25) is 4.79 Å². The molecule has 0 bridgehead atoms. The lowest BCUT2D eigenvalue weighted by molar-refractivity contribution is -0.108. The van der Waals surface area contributed by atoms with E-state index in [1.165, 1.54) is 57.8 Å². The molecule has 18 heavy (non-hydrogen) atoms. The van der Waals surface area contributed by atoms with E-state index in [9.17, 15) is 9.59 Å². The van der Waals surface area contributed by atoms with Gasteiger partial charge in [-0.05, 0) is 25.3 Å². The Morgan fingerprint density at radius 2 is 1.00 bits per heavy atom. The number of hydrogen-bond donors (Lipinski definition) is 0. The summed E-state index contributed by atoms with van der Waals surface area (Å²) < 4.78 is 0. The van der Waals surface area contributed by atoms with E-state index in [4.69, 9.17) is 0 Å². The summed E-state index contributed by atoms with van der Waals surface area (Å²) >= 11 is 0. The van der Waals surface area contributed by atoms with Crippen LogP contribution in [0.5, 0.6) is 0 Å². The molecule has 0 spiro atoms. The van der Waals surface area contributed by atoms with Crippen LogP contribution in [0.2, 0.25) is 0 Å². The second-order valence-electron chi connectivity index (χ2n) is 4.84. The number of carbonyl (C=O) groups excluding carboxylic acids is 2. The predicted molar refractivity (Wildman–Crippen MR) is 76.7 cm³/mol. The largest absolute Gasteiger partial charge is 0.303 e. The molecule has 0 saturated carbocycles. The van der Waals surface area contributed by atoms with Gasteiger partial charge in [-0.1, -0.05) is 57.4 Å². The maximum absolute atomic E-state index is 10.1. The molecule has 0 aromatic rings. The molecule has 0 aromatic carbocycles. The summed E-state index contributed by atoms with van der Waals surface area (Å²) in [6.07, 6.45) is 19.9. The number of unbranched alkanes of at least 4 members (excludes halogenated alkanes) is 11. The molecule has 0 aliphatic heterocycles. The van der Waals surface area contributed by atoms with Gasteiger partial charge in [0, 0.05) is 6.42 Å². The van der Waals surface area contributed by atoms with Crippen LogP contribution in [0.1, 0.15) is 77.0 Å². The van der Waals surface area contributed by atoms with Crippen molar-refractivity contribution in [3.05, 3.63) is 12.2 Å². The van der Waals surface area contributed by atoms with Crippen LogP contribution in [-0.4, -0.2) is 12.6 Å². The van der Waals surface area contributed by atoms with Gasteiger partial charge >= 0.3 is 0 Å². The molecule has 0 amide bonds. The highest BCUT2D eigenvalue weighted by atomic mass is 16.1. The summed E-state index contributed by atoms with van der Waals surface area (Å²) in [5.41, 5.74) is 0. The fraction of sp³-hybridized carbons (Fsp3) is 0.750. The molecule has 2 heteroatoms. The van der Waals surface area contributed by atoms with Crippen molar-refractivity contribution in [2.45, 2.75) is 77.0 Å². The van der Waals surface area contributed by atoms with Gasteiger partial charge in [-0.2, -0.15) is 0 Å². The quantitative estimate of drug-likeness (QED) is 0.257. The monoisotopic (exact) mass is 252 g/mol. The van der Waals surface area contributed by atoms with Crippen LogP contribution in [0.4, 0.5) is 0 Å². The average Bonchev–Trinajstić information content (AvgIpc) is 2.39. The van der Waals surface area contributed by atoms with Crippen LogP contribution in [0.25, 0.3) is 0 Å². The number of aldehydes is 2. The first kappa shape index (κ1) is 17.1. The van der Waals surface area contributed by atoms with E-state index >= 15 is 0 Å². The van der Waals surface area contributed by atoms with Gasteiger partial charge in [0.2, 0.25) is 0 Å². The lowest BCUT2D eigenvalue weighted by atomic mass is 10.1. The van der Waals surface area contributed by atoms with Crippen LogP contribution in [0, 0.1) is 0 Å². The van der Waals surface area contributed by atoms with E-state index in [0.29, 0.717) is 0 Å². The summed E-state index contributed by atoms with van der Waals surface area (Å²) in [4.78, 5) is 20.1. The second-order valence-corrected chi connectivity index (χ2v) is 4.84. The molecule has 0 aliphatic rings. The maximum Gasteiger partial charge on any atom is 0.142 e. The smallest absolute Gasteiger partial charge is 0.142 e. The van der Waals surface area contributed by atoms with Crippen molar-refractivity contribution in [1.29, 1.82) is 0 Å². The van der Waals surface area contributed by atoms with Crippen molar-refractivity contribution in [3.8, 4) is 0 Å². The summed E-state index contributed by atoms with van der Waals surface area (Å²) in [5, 5.41) is 0. The number of allylic oxidation sites excluding steroid dienone is 2. The molecule has 0 fully saturated rings. The summed E-state index contributed by atoms with van der Waals surface area (Å²) in [6, 6.07) is 0. The van der Waals surface area contributed by atoms with Crippen LogP contribution in [0.3, 0.4) is 0 Å². The molecule has 0 unspecified atom stereocenters. The molecule has 0 saturated heterocycles. The zero-order valence-corrected chi connectivity index (χ0v) is 11.6. The van der Waals surface area contributed by atoms with Crippen molar-refractivity contribution in [2.24, 2.45) is 0 Å². The fourth-order valence-corrected chi connectivity index (χ4v) is 2.06. The van der Waals surface area contributed by atoms with E-state index in [2.05, 4.69) is 0 Å². The summed E-state index contributed by atoms with van der Waals surface area (Å²) in [6.45, 7) is 0. The Hall–Kier alpha value is -0.920. The first-order chi connectivity index (χ1) is 8.91. The Balaban J connectivity index is 2.96. The second kappa shape index (κ2) is 16.1. The third kappa shape index (κ3) is 15.1. The zero-order valence-electron chi connectivity index (χ0n) is 11.6. The Morgan fingerprint density at radius 3 is 1.44 bits per heavy atom. The van der Waals surface area contributed by atoms with Crippen molar-refractivity contribution in [2.75, 3.05) is 0 Å². The number of hydrogen-bond acceptors (Lipinski definition) is 2. The molecule has 0 aliphatic carbocycles. The maximum atomic E-state index is 10.1.